The summed E-state index contributed by atoms with van der Waals surface area (Å²) in [7, 11) is 1.65. The summed E-state index contributed by atoms with van der Waals surface area (Å²) in [6.45, 7) is 2.46. The van der Waals surface area contributed by atoms with Gasteiger partial charge in [0.2, 0.25) is 5.88 Å². The Morgan fingerprint density at radius 1 is 1.15 bits per heavy atom. The number of nitrogens with zero attached hydrogens (tertiary/aromatic N) is 6. The van der Waals surface area contributed by atoms with E-state index >= 15 is 0 Å². The molecule has 4 heterocycles. The number of hydrogen-bond acceptors (Lipinski definition) is 7. The van der Waals surface area contributed by atoms with E-state index in [2.05, 4.69) is 40.8 Å². The first kappa shape index (κ1) is 17.0. The second-order valence-corrected chi connectivity index (χ2v) is 6.99. The molecule has 8 heteroatoms. The van der Waals surface area contributed by atoms with Crippen LogP contribution in [0.15, 0.2) is 41.7 Å². The van der Waals surface area contributed by atoms with E-state index in [1.54, 1.807) is 25.7 Å². The van der Waals surface area contributed by atoms with E-state index in [1.807, 2.05) is 12.3 Å². The van der Waals surface area contributed by atoms with Gasteiger partial charge in [0.15, 0.2) is 5.82 Å². The third kappa shape index (κ3) is 3.56. The van der Waals surface area contributed by atoms with Gasteiger partial charge in [0.1, 0.15) is 6.33 Å². The van der Waals surface area contributed by atoms with Gasteiger partial charge in [-0.25, -0.2) is 24.9 Å². The molecule has 0 saturated carbocycles. The maximum Gasteiger partial charge on any atom is 0.217 e. The fourth-order valence-corrected chi connectivity index (χ4v) is 3.43. The molecular formula is C18H17BrN6O. The maximum atomic E-state index is 5.39. The smallest absolute Gasteiger partial charge is 0.217 e. The van der Waals surface area contributed by atoms with Gasteiger partial charge in [-0.05, 0) is 34.0 Å². The van der Waals surface area contributed by atoms with Crippen molar-refractivity contribution in [3.8, 4) is 17.3 Å². The van der Waals surface area contributed by atoms with Gasteiger partial charge in [-0.15, -0.1) is 0 Å². The van der Waals surface area contributed by atoms with Gasteiger partial charge in [-0.2, -0.15) is 0 Å². The van der Waals surface area contributed by atoms with E-state index in [0.29, 0.717) is 11.7 Å². The lowest BCUT2D eigenvalue weighted by Gasteiger charge is -2.28. The van der Waals surface area contributed by atoms with Crippen molar-refractivity contribution in [3.05, 3.63) is 58.5 Å². The minimum Gasteiger partial charge on any atom is -0.481 e. The zero-order chi connectivity index (χ0) is 17.9. The molecule has 0 amide bonds. The fourth-order valence-electron chi connectivity index (χ4n) is 3.05. The second kappa shape index (κ2) is 7.43. The van der Waals surface area contributed by atoms with Crippen LogP contribution in [0, 0.1) is 0 Å². The van der Waals surface area contributed by atoms with Crippen molar-refractivity contribution in [2.75, 3.05) is 13.7 Å². The van der Waals surface area contributed by atoms with Gasteiger partial charge in [-0.1, -0.05) is 0 Å². The molecule has 1 aliphatic rings. The van der Waals surface area contributed by atoms with Crippen molar-refractivity contribution in [2.24, 2.45) is 0 Å². The molecule has 0 saturated heterocycles. The van der Waals surface area contributed by atoms with E-state index in [9.17, 15) is 0 Å². The molecule has 7 nitrogen and oxygen atoms in total. The number of ether oxygens (including phenoxy) is 1. The first-order valence-corrected chi connectivity index (χ1v) is 9.03. The van der Waals surface area contributed by atoms with Crippen LogP contribution in [0.3, 0.4) is 0 Å². The Labute approximate surface area is 159 Å². The number of halogens is 1. The van der Waals surface area contributed by atoms with E-state index in [0.717, 1.165) is 47.3 Å². The SMILES string of the molecule is COc1ncc(Br)cc1CN1CCc2cnc(-c3cncnc3)nc2C1. The van der Waals surface area contributed by atoms with Gasteiger partial charge < -0.3 is 4.74 Å². The first-order valence-electron chi connectivity index (χ1n) is 8.24. The lowest BCUT2D eigenvalue weighted by Crippen LogP contribution is -2.31. The molecule has 3 aromatic heterocycles. The molecule has 0 fully saturated rings. The summed E-state index contributed by atoms with van der Waals surface area (Å²) in [5, 5.41) is 0. The highest BCUT2D eigenvalue weighted by atomic mass is 79.9. The minimum atomic E-state index is 0.656. The third-order valence-electron chi connectivity index (χ3n) is 4.32. The van der Waals surface area contributed by atoms with Crippen LogP contribution < -0.4 is 4.74 Å². The summed E-state index contributed by atoms with van der Waals surface area (Å²) in [4.78, 5) is 24.0. The van der Waals surface area contributed by atoms with E-state index in [4.69, 9.17) is 9.72 Å². The molecule has 4 rings (SSSR count). The Balaban J connectivity index is 1.57. The number of pyridine rings is 1. The van der Waals surface area contributed by atoms with Crippen molar-refractivity contribution in [2.45, 2.75) is 19.5 Å². The van der Waals surface area contributed by atoms with Gasteiger partial charge in [0, 0.05) is 54.5 Å². The van der Waals surface area contributed by atoms with Crippen LogP contribution in [0.25, 0.3) is 11.4 Å². The number of aromatic nitrogens is 5. The summed E-state index contributed by atoms with van der Waals surface area (Å²) in [5.74, 6) is 1.32. The molecular weight excluding hydrogens is 396 g/mol. The summed E-state index contributed by atoms with van der Waals surface area (Å²) in [6.07, 6.45) is 9.55. The number of rotatable bonds is 4. The van der Waals surface area contributed by atoms with Crippen molar-refractivity contribution >= 4 is 15.9 Å². The van der Waals surface area contributed by atoms with Crippen LogP contribution >= 0.6 is 15.9 Å². The van der Waals surface area contributed by atoms with Crippen molar-refractivity contribution in [1.82, 2.24) is 29.8 Å². The topological polar surface area (TPSA) is 76.9 Å². The average Bonchev–Trinajstić information content (AvgIpc) is 2.68. The Kier molecular flexibility index (Phi) is 4.85. The lowest BCUT2D eigenvalue weighted by molar-refractivity contribution is 0.236. The summed E-state index contributed by atoms with van der Waals surface area (Å²) >= 11 is 3.48. The number of hydrogen-bond donors (Lipinski definition) is 0. The summed E-state index contributed by atoms with van der Waals surface area (Å²) in [6, 6.07) is 2.05. The highest BCUT2D eigenvalue weighted by Crippen LogP contribution is 2.25. The average molecular weight is 413 g/mol. The normalized spacial score (nSPS) is 14.1. The molecule has 0 atom stereocenters. The van der Waals surface area contributed by atoms with Crippen LogP contribution in [-0.2, 0) is 19.5 Å². The highest BCUT2D eigenvalue weighted by molar-refractivity contribution is 9.10. The standard InChI is InChI=1S/C18H17BrN6O/c1-26-18-13(4-15(19)8-23-18)9-25-3-2-12-7-22-17(24-16(12)10-25)14-5-20-11-21-6-14/h4-8,11H,2-3,9-10H2,1H3. The Morgan fingerprint density at radius 3 is 2.81 bits per heavy atom. The predicted molar refractivity (Wildman–Crippen MR) is 99.4 cm³/mol. The maximum absolute atomic E-state index is 5.39. The summed E-state index contributed by atoms with van der Waals surface area (Å²) < 4.78 is 6.33. The van der Waals surface area contributed by atoms with Crippen LogP contribution in [0.2, 0.25) is 0 Å². The Hall–Kier alpha value is -2.45. The number of methoxy groups -OCH3 is 1. The van der Waals surface area contributed by atoms with E-state index in [1.165, 1.54) is 11.9 Å². The summed E-state index contributed by atoms with van der Waals surface area (Å²) in [5.41, 5.74) is 4.12. The van der Waals surface area contributed by atoms with Crippen molar-refractivity contribution in [3.63, 3.8) is 0 Å². The highest BCUT2D eigenvalue weighted by Gasteiger charge is 2.20. The van der Waals surface area contributed by atoms with Gasteiger partial charge in [0.25, 0.3) is 0 Å². The zero-order valence-corrected chi connectivity index (χ0v) is 15.8. The Bertz CT molecular complexity index is 921. The quantitative estimate of drug-likeness (QED) is 0.651. The van der Waals surface area contributed by atoms with Crippen LogP contribution in [0.5, 0.6) is 5.88 Å². The minimum absolute atomic E-state index is 0.656. The van der Waals surface area contributed by atoms with E-state index < -0.39 is 0 Å². The molecule has 26 heavy (non-hydrogen) atoms. The van der Waals surface area contributed by atoms with Crippen molar-refractivity contribution < 1.29 is 4.74 Å². The molecule has 0 N–H and O–H groups in total. The van der Waals surface area contributed by atoms with E-state index in [-0.39, 0.29) is 0 Å². The molecule has 1 aliphatic heterocycles. The molecule has 0 unspecified atom stereocenters. The molecule has 0 aliphatic carbocycles. The monoisotopic (exact) mass is 412 g/mol. The molecule has 0 spiro atoms. The van der Waals surface area contributed by atoms with Crippen LogP contribution in [-0.4, -0.2) is 43.5 Å². The van der Waals surface area contributed by atoms with Gasteiger partial charge >= 0.3 is 0 Å². The third-order valence-corrected chi connectivity index (χ3v) is 4.76. The fraction of sp³-hybridized carbons (Fsp3) is 0.278. The zero-order valence-electron chi connectivity index (χ0n) is 14.3. The Morgan fingerprint density at radius 2 is 2.00 bits per heavy atom. The van der Waals surface area contributed by atoms with Crippen molar-refractivity contribution in [1.29, 1.82) is 0 Å². The lowest BCUT2D eigenvalue weighted by atomic mass is 10.1. The molecule has 0 aromatic carbocycles. The largest absolute Gasteiger partial charge is 0.481 e. The van der Waals surface area contributed by atoms with Gasteiger partial charge in [0.05, 0.1) is 18.4 Å². The molecule has 132 valence electrons. The predicted octanol–water partition coefficient (Wildman–Crippen LogP) is 2.66. The molecule has 0 bridgehead atoms. The first-order chi connectivity index (χ1) is 12.7. The van der Waals surface area contributed by atoms with Crippen LogP contribution in [0.4, 0.5) is 0 Å². The van der Waals surface area contributed by atoms with Gasteiger partial charge in [-0.3, -0.25) is 4.90 Å². The number of fused-ring (bicyclic) bond motifs is 1. The second-order valence-electron chi connectivity index (χ2n) is 6.08. The molecule has 3 aromatic rings. The van der Waals surface area contributed by atoms with Crippen LogP contribution in [0.1, 0.15) is 16.8 Å². The molecule has 0 radical (unpaired) electrons.